The Bertz CT molecular complexity index is 1590. The van der Waals surface area contributed by atoms with E-state index in [2.05, 4.69) is 42.0 Å². The first-order chi connectivity index (χ1) is 16.4. The zero-order valence-corrected chi connectivity index (χ0v) is 19.8. The minimum Gasteiger partial charge on any atom is -0.455 e. The molecule has 34 heavy (non-hydrogen) atoms. The van der Waals surface area contributed by atoms with Gasteiger partial charge in [0.25, 0.3) is 0 Å². The van der Waals surface area contributed by atoms with E-state index in [9.17, 15) is 8.78 Å². The molecule has 1 saturated carbocycles. The molecule has 0 saturated heterocycles. The summed E-state index contributed by atoms with van der Waals surface area (Å²) in [6, 6.07) is 13.1. The van der Waals surface area contributed by atoms with Crippen LogP contribution >= 0.6 is 0 Å². The maximum atomic E-state index is 14.8. The van der Waals surface area contributed by atoms with E-state index in [4.69, 9.17) is 4.42 Å². The number of hydrogen-bond donors (Lipinski definition) is 0. The lowest BCUT2D eigenvalue weighted by molar-refractivity contribution is -0.659. The number of pyridine rings is 1. The SMILES string of the molecule is Cc1cc2c(oc3cc(F)cc(F)c32)c(-c2c3ccc(CC4CCCC4)cc3cc[n+]2C)c1C. The molecule has 5 aromatic rings. The number of aryl methyl sites for hydroxylation is 2. The Morgan fingerprint density at radius 1 is 0.971 bits per heavy atom. The Morgan fingerprint density at radius 3 is 2.56 bits per heavy atom. The minimum atomic E-state index is -0.635. The van der Waals surface area contributed by atoms with Crippen molar-refractivity contribution in [3.63, 3.8) is 0 Å². The lowest BCUT2D eigenvalue weighted by Crippen LogP contribution is -2.31. The Balaban J connectivity index is 1.62. The first-order valence-electron chi connectivity index (χ1n) is 12.1. The lowest BCUT2D eigenvalue weighted by Gasteiger charge is -2.13. The topological polar surface area (TPSA) is 17.0 Å². The largest absolute Gasteiger partial charge is 0.455 e. The molecule has 0 atom stereocenters. The Hall–Kier alpha value is -3.27. The van der Waals surface area contributed by atoms with E-state index in [1.165, 1.54) is 42.7 Å². The summed E-state index contributed by atoms with van der Waals surface area (Å²) < 4.78 is 37.0. The van der Waals surface area contributed by atoms with E-state index in [0.29, 0.717) is 16.4 Å². The number of halogens is 2. The van der Waals surface area contributed by atoms with E-state index in [0.717, 1.165) is 46.2 Å². The molecule has 1 aliphatic carbocycles. The van der Waals surface area contributed by atoms with Crippen molar-refractivity contribution in [1.29, 1.82) is 0 Å². The molecule has 4 heteroatoms. The molecule has 0 bridgehead atoms. The second-order valence-corrected chi connectivity index (χ2v) is 9.98. The van der Waals surface area contributed by atoms with Crippen molar-refractivity contribution >= 4 is 32.7 Å². The van der Waals surface area contributed by atoms with E-state index >= 15 is 0 Å². The number of furan rings is 1. The van der Waals surface area contributed by atoms with Gasteiger partial charge in [-0.15, -0.1) is 0 Å². The molecule has 0 aliphatic heterocycles. The predicted molar refractivity (Wildman–Crippen MR) is 133 cm³/mol. The molecule has 0 amide bonds. The number of aromatic nitrogens is 1. The molecule has 172 valence electrons. The van der Waals surface area contributed by atoms with Gasteiger partial charge in [0.1, 0.15) is 29.8 Å². The summed E-state index contributed by atoms with van der Waals surface area (Å²) in [5.41, 5.74) is 6.29. The van der Waals surface area contributed by atoms with Crippen LogP contribution in [0.1, 0.15) is 42.4 Å². The number of nitrogens with zero attached hydrogens (tertiary/aromatic N) is 1. The summed E-state index contributed by atoms with van der Waals surface area (Å²) in [4.78, 5) is 0. The Labute approximate surface area is 197 Å². The molecule has 2 nitrogen and oxygen atoms in total. The van der Waals surface area contributed by atoms with Crippen molar-refractivity contribution in [2.75, 3.05) is 0 Å². The van der Waals surface area contributed by atoms with Crippen LogP contribution in [0, 0.1) is 31.4 Å². The van der Waals surface area contributed by atoms with E-state index in [-0.39, 0.29) is 5.58 Å². The summed E-state index contributed by atoms with van der Waals surface area (Å²) in [6.07, 6.45) is 8.57. The van der Waals surface area contributed by atoms with Gasteiger partial charge in [-0.2, -0.15) is 0 Å². The second-order valence-electron chi connectivity index (χ2n) is 9.98. The van der Waals surface area contributed by atoms with Gasteiger partial charge >= 0.3 is 0 Å². The molecule has 2 heterocycles. The highest BCUT2D eigenvalue weighted by atomic mass is 19.1. The molecule has 0 spiro atoms. The van der Waals surface area contributed by atoms with Crippen molar-refractivity contribution in [2.24, 2.45) is 13.0 Å². The standard InChI is InChI=1S/C30H28F2NO/c1-17-12-24-28-25(32)15-22(31)16-26(28)34-30(24)27(18(17)2)29-23-9-8-20(13-19-6-4-5-7-19)14-21(23)10-11-33(29)3/h8-12,14-16,19H,4-7,13H2,1-3H3/q+1. The van der Waals surface area contributed by atoms with Crippen LogP contribution in [0.2, 0.25) is 0 Å². The van der Waals surface area contributed by atoms with Gasteiger partial charge in [0.2, 0.25) is 5.69 Å². The van der Waals surface area contributed by atoms with E-state index in [1.807, 2.05) is 20.0 Å². The van der Waals surface area contributed by atoms with Crippen LogP contribution in [0.15, 0.2) is 53.1 Å². The van der Waals surface area contributed by atoms with Crippen LogP contribution in [0.5, 0.6) is 0 Å². The number of hydrogen-bond acceptors (Lipinski definition) is 1. The molecular formula is C30H28F2NO+. The van der Waals surface area contributed by atoms with Crippen LogP contribution in [0.25, 0.3) is 44.0 Å². The number of fused-ring (bicyclic) bond motifs is 4. The predicted octanol–water partition coefficient (Wildman–Crippen LogP) is 7.86. The average molecular weight is 457 g/mol. The Morgan fingerprint density at radius 2 is 1.76 bits per heavy atom. The van der Waals surface area contributed by atoms with Crippen molar-refractivity contribution in [3.05, 3.63) is 77.0 Å². The summed E-state index contributed by atoms with van der Waals surface area (Å²) in [6.45, 7) is 4.10. The third-order valence-electron chi connectivity index (χ3n) is 7.74. The highest BCUT2D eigenvalue weighted by molar-refractivity contribution is 6.12. The molecule has 0 radical (unpaired) electrons. The molecule has 0 unspecified atom stereocenters. The van der Waals surface area contributed by atoms with Gasteiger partial charge in [-0.1, -0.05) is 37.8 Å². The van der Waals surface area contributed by atoms with Crippen molar-refractivity contribution in [3.8, 4) is 11.3 Å². The van der Waals surface area contributed by atoms with Gasteiger partial charge in [-0.05, 0) is 60.4 Å². The third-order valence-corrected chi connectivity index (χ3v) is 7.74. The smallest absolute Gasteiger partial charge is 0.224 e. The average Bonchev–Trinajstić information content (AvgIpc) is 3.43. The van der Waals surface area contributed by atoms with Crippen LogP contribution in [-0.2, 0) is 13.5 Å². The Kier molecular flexibility index (Phi) is 4.94. The van der Waals surface area contributed by atoms with Crippen LogP contribution in [0.4, 0.5) is 8.78 Å². The second kappa shape index (κ2) is 7.90. The fraction of sp³-hybridized carbons (Fsp3) is 0.300. The fourth-order valence-electron chi connectivity index (χ4n) is 5.88. The van der Waals surface area contributed by atoms with Gasteiger partial charge in [0.15, 0.2) is 6.20 Å². The van der Waals surface area contributed by atoms with Gasteiger partial charge in [-0.25, -0.2) is 13.3 Å². The van der Waals surface area contributed by atoms with Gasteiger partial charge in [-0.3, -0.25) is 0 Å². The number of benzene rings is 3. The molecule has 0 N–H and O–H groups in total. The van der Waals surface area contributed by atoms with Crippen LogP contribution in [0.3, 0.4) is 0 Å². The molecular weight excluding hydrogens is 428 g/mol. The third kappa shape index (κ3) is 3.31. The minimum absolute atomic E-state index is 0.237. The normalized spacial score (nSPS) is 14.7. The van der Waals surface area contributed by atoms with E-state index < -0.39 is 11.6 Å². The molecule has 6 rings (SSSR count). The van der Waals surface area contributed by atoms with Crippen LogP contribution < -0.4 is 4.57 Å². The lowest BCUT2D eigenvalue weighted by atomic mass is 9.92. The first-order valence-corrected chi connectivity index (χ1v) is 12.1. The number of rotatable bonds is 3. The monoisotopic (exact) mass is 456 g/mol. The summed E-state index contributed by atoms with van der Waals surface area (Å²) >= 11 is 0. The first kappa shape index (κ1) is 21.3. The zero-order chi connectivity index (χ0) is 23.6. The quantitative estimate of drug-likeness (QED) is 0.253. The summed E-state index contributed by atoms with van der Waals surface area (Å²) in [5.74, 6) is -0.437. The van der Waals surface area contributed by atoms with Gasteiger partial charge in [0, 0.05) is 23.6 Å². The van der Waals surface area contributed by atoms with Crippen molar-refractivity contribution in [2.45, 2.75) is 46.0 Å². The summed E-state index contributed by atoms with van der Waals surface area (Å²) in [7, 11) is 2.03. The molecule has 1 fully saturated rings. The molecule has 3 aromatic carbocycles. The van der Waals surface area contributed by atoms with E-state index in [1.54, 1.807) is 0 Å². The summed E-state index contributed by atoms with van der Waals surface area (Å²) in [5, 5.41) is 3.33. The van der Waals surface area contributed by atoms with Crippen molar-refractivity contribution in [1.82, 2.24) is 0 Å². The highest BCUT2D eigenvalue weighted by Gasteiger charge is 2.26. The molecule has 2 aromatic heterocycles. The molecule has 1 aliphatic rings. The van der Waals surface area contributed by atoms with Gasteiger partial charge in [0.05, 0.1) is 16.3 Å². The zero-order valence-electron chi connectivity index (χ0n) is 19.8. The van der Waals surface area contributed by atoms with Crippen LogP contribution in [-0.4, -0.2) is 0 Å². The van der Waals surface area contributed by atoms with Gasteiger partial charge < -0.3 is 4.42 Å². The maximum Gasteiger partial charge on any atom is 0.224 e. The maximum absolute atomic E-state index is 14.8. The van der Waals surface area contributed by atoms with Crippen molar-refractivity contribution < 1.29 is 17.8 Å². The highest BCUT2D eigenvalue weighted by Crippen LogP contribution is 2.41. The fourth-order valence-corrected chi connectivity index (χ4v) is 5.88.